The monoisotopic (exact) mass is 376 g/mol. The number of primary amides is 1. The van der Waals surface area contributed by atoms with Crippen LogP contribution < -0.4 is 10.5 Å². The minimum Gasteiger partial charge on any atom is -0.483 e. The Morgan fingerprint density at radius 1 is 1.07 bits per heavy atom. The lowest BCUT2D eigenvalue weighted by molar-refractivity contribution is 0.0995. The second-order valence-electron chi connectivity index (χ2n) is 5.98. The van der Waals surface area contributed by atoms with Crippen LogP contribution in [0.1, 0.15) is 22.0 Å². The number of hydrogen-bond acceptors (Lipinski definition) is 7. The van der Waals surface area contributed by atoms with E-state index in [1.165, 1.54) is 0 Å². The summed E-state index contributed by atoms with van der Waals surface area (Å²) in [6, 6.07) is 16.3. The molecule has 8 heteroatoms. The molecule has 0 aliphatic carbocycles. The average molecular weight is 376 g/mol. The van der Waals surface area contributed by atoms with Crippen LogP contribution in [0.15, 0.2) is 63.5 Å². The van der Waals surface area contributed by atoms with Crippen LogP contribution >= 0.6 is 0 Å². The van der Waals surface area contributed by atoms with Gasteiger partial charge >= 0.3 is 0 Å². The molecule has 0 saturated heterocycles. The number of ether oxygens (including phenoxy) is 1. The fourth-order valence-corrected chi connectivity index (χ4v) is 2.77. The van der Waals surface area contributed by atoms with Crippen molar-refractivity contribution in [2.45, 2.75) is 13.5 Å². The summed E-state index contributed by atoms with van der Waals surface area (Å²) in [6.07, 6.45) is 0. The van der Waals surface area contributed by atoms with Crippen molar-refractivity contribution in [2.24, 2.45) is 5.73 Å². The molecule has 2 aromatic heterocycles. The molecule has 2 aromatic carbocycles. The van der Waals surface area contributed by atoms with Gasteiger partial charge in [0, 0.05) is 5.56 Å². The summed E-state index contributed by atoms with van der Waals surface area (Å²) in [4.78, 5) is 11.5. The van der Waals surface area contributed by atoms with E-state index >= 15 is 0 Å². The molecular weight excluding hydrogens is 360 g/mol. The van der Waals surface area contributed by atoms with E-state index in [0.29, 0.717) is 22.8 Å². The van der Waals surface area contributed by atoms with Crippen LogP contribution in [0.25, 0.3) is 22.7 Å². The zero-order valence-electron chi connectivity index (χ0n) is 15.0. The number of aromatic nitrogens is 3. The Balaban J connectivity index is 1.58. The molecule has 0 aliphatic heterocycles. The zero-order chi connectivity index (χ0) is 19.5. The van der Waals surface area contributed by atoms with Crippen LogP contribution in [0.5, 0.6) is 5.75 Å². The number of carbonyl (C=O) groups excluding carboxylic acids is 1. The molecular formula is C20H16N4O4. The first kappa shape index (κ1) is 17.5. The quantitative estimate of drug-likeness (QED) is 0.548. The van der Waals surface area contributed by atoms with Crippen LogP contribution in [0.4, 0.5) is 0 Å². The Morgan fingerprint density at radius 3 is 2.61 bits per heavy atom. The number of para-hydroxylation sites is 1. The van der Waals surface area contributed by atoms with Gasteiger partial charge in [0.2, 0.25) is 0 Å². The number of amides is 1. The number of aryl methyl sites for hydroxylation is 1. The second-order valence-corrected chi connectivity index (χ2v) is 5.98. The molecule has 8 nitrogen and oxygen atoms in total. The largest absolute Gasteiger partial charge is 0.483 e. The van der Waals surface area contributed by atoms with Crippen LogP contribution in [-0.4, -0.2) is 21.3 Å². The highest BCUT2D eigenvalue weighted by molar-refractivity contribution is 5.95. The fraction of sp³-hybridized carbons (Fsp3) is 0.100. The highest BCUT2D eigenvalue weighted by atomic mass is 16.5. The molecule has 0 spiro atoms. The van der Waals surface area contributed by atoms with Gasteiger partial charge in [-0.1, -0.05) is 47.6 Å². The van der Waals surface area contributed by atoms with Crippen LogP contribution in [-0.2, 0) is 6.61 Å². The van der Waals surface area contributed by atoms with Gasteiger partial charge in [-0.15, -0.1) is 10.2 Å². The van der Waals surface area contributed by atoms with Gasteiger partial charge in [-0.2, -0.15) is 0 Å². The van der Waals surface area contributed by atoms with E-state index in [-0.39, 0.29) is 24.0 Å². The maximum atomic E-state index is 11.5. The number of nitrogens with two attached hydrogens (primary N) is 1. The Bertz CT molecular complexity index is 1120. The summed E-state index contributed by atoms with van der Waals surface area (Å²) in [7, 11) is 0. The smallest absolute Gasteiger partial charge is 0.254 e. The molecule has 2 heterocycles. The van der Waals surface area contributed by atoms with E-state index in [1.807, 2.05) is 30.3 Å². The molecule has 2 N–H and O–H groups in total. The number of rotatable bonds is 6. The van der Waals surface area contributed by atoms with Crippen LogP contribution in [0.2, 0.25) is 0 Å². The Hall–Kier alpha value is -3.94. The van der Waals surface area contributed by atoms with E-state index in [2.05, 4.69) is 15.4 Å². The first-order chi connectivity index (χ1) is 13.6. The lowest BCUT2D eigenvalue weighted by Gasteiger charge is -2.06. The van der Waals surface area contributed by atoms with Gasteiger partial charge in [-0.25, -0.2) is 0 Å². The van der Waals surface area contributed by atoms with Gasteiger partial charge in [-0.05, 0) is 19.1 Å². The lowest BCUT2D eigenvalue weighted by Crippen LogP contribution is -2.12. The predicted molar refractivity (Wildman–Crippen MR) is 99.3 cm³/mol. The minimum absolute atomic E-state index is 0.0116. The standard InChI is InChI=1S/C20H16N4O4/c1-12-17(18(24-28-12)13-7-3-2-4-8-13)20-23-22-16(27-20)11-26-15-10-6-5-9-14(15)19(21)25/h2-10H,11H2,1H3,(H2,21,25). The third-order valence-corrected chi connectivity index (χ3v) is 4.09. The molecule has 0 unspecified atom stereocenters. The molecule has 0 atom stereocenters. The molecule has 0 radical (unpaired) electrons. The lowest BCUT2D eigenvalue weighted by atomic mass is 10.1. The van der Waals surface area contributed by atoms with Gasteiger partial charge in [0.25, 0.3) is 17.7 Å². The van der Waals surface area contributed by atoms with Crippen molar-refractivity contribution in [1.82, 2.24) is 15.4 Å². The van der Waals surface area contributed by atoms with Gasteiger partial charge in [0.1, 0.15) is 22.8 Å². The van der Waals surface area contributed by atoms with Crippen molar-refractivity contribution in [3.05, 3.63) is 71.8 Å². The van der Waals surface area contributed by atoms with Crippen molar-refractivity contribution in [3.63, 3.8) is 0 Å². The third kappa shape index (κ3) is 3.35. The zero-order valence-corrected chi connectivity index (χ0v) is 15.0. The number of hydrogen-bond donors (Lipinski definition) is 1. The SMILES string of the molecule is Cc1onc(-c2ccccc2)c1-c1nnc(COc2ccccc2C(N)=O)o1. The first-order valence-electron chi connectivity index (χ1n) is 8.49. The predicted octanol–water partition coefficient (Wildman–Crippen LogP) is 3.38. The van der Waals surface area contributed by atoms with Crippen molar-refractivity contribution in [1.29, 1.82) is 0 Å². The number of carbonyl (C=O) groups is 1. The Kier molecular flexibility index (Phi) is 4.59. The molecule has 140 valence electrons. The molecule has 28 heavy (non-hydrogen) atoms. The molecule has 0 bridgehead atoms. The highest BCUT2D eigenvalue weighted by Gasteiger charge is 2.22. The number of benzene rings is 2. The highest BCUT2D eigenvalue weighted by Crippen LogP contribution is 2.33. The molecule has 4 rings (SSSR count). The van der Waals surface area contributed by atoms with Gasteiger partial charge in [0.05, 0.1) is 5.56 Å². The maximum Gasteiger partial charge on any atom is 0.254 e. The summed E-state index contributed by atoms with van der Waals surface area (Å²) >= 11 is 0. The van der Waals surface area contributed by atoms with Crippen molar-refractivity contribution < 1.29 is 18.5 Å². The second kappa shape index (κ2) is 7.36. The molecule has 4 aromatic rings. The van der Waals surface area contributed by atoms with E-state index in [1.54, 1.807) is 31.2 Å². The van der Waals surface area contributed by atoms with Crippen LogP contribution in [0, 0.1) is 6.92 Å². The average Bonchev–Trinajstić information content (AvgIpc) is 3.33. The summed E-state index contributed by atoms with van der Waals surface area (Å²) in [6.45, 7) is 1.76. The topological polar surface area (TPSA) is 117 Å². The van der Waals surface area contributed by atoms with Crippen molar-refractivity contribution in [3.8, 4) is 28.5 Å². The summed E-state index contributed by atoms with van der Waals surface area (Å²) in [5.41, 5.74) is 7.76. The molecule has 0 aliphatic rings. The van der Waals surface area contributed by atoms with Gasteiger partial charge in [-0.3, -0.25) is 4.79 Å². The number of nitrogens with zero attached hydrogens (tertiary/aromatic N) is 3. The third-order valence-electron chi connectivity index (χ3n) is 4.09. The van der Waals surface area contributed by atoms with E-state index in [4.69, 9.17) is 19.4 Å². The minimum atomic E-state index is -0.575. The van der Waals surface area contributed by atoms with Gasteiger partial charge < -0.3 is 19.4 Å². The Morgan fingerprint density at radius 2 is 1.82 bits per heavy atom. The maximum absolute atomic E-state index is 11.5. The van der Waals surface area contributed by atoms with Crippen molar-refractivity contribution in [2.75, 3.05) is 0 Å². The summed E-state index contributed by atoms with van der Waals surface area (Å²) in [5, 5.41) is 12.2. The molecule has 1 amide bonds. The first-order valence-corrected chi connectivity index (χ1v) is 8.49. The molecule has 0 fully saturated rings. The summed E-state index contributed by atoms with van der Waals surface area (Å²) in [5.74, 6) is 0.859. The fourth-order valence-electron chi connectivity index (χ4n) is 2.77. The van der Waals surface area contributed by atoms with Gasteiger partial charge in [0.15, 0.2) is 6.61 Å². The van der Waals surface area contributed by atoms with E-state index in [0.717, 1.165) is 5.56 Å². The Labute approximate surface area is 159 Å². The van der Waals surface area contributed by atoms with Crippen molar-refractivity contribution >= 4 is 5.91 Å². The molecule has 0 saturated carbocycles. The van der Waals surface area contributed by atoms with E-state index in [9.17, 15) is 4.79 Å². The van der Waals surface area contributed by atoms with E-state index < -0.39 is 5.91 Å². The summed E-state index contributed by atoms with van der Waals surface area (Å²) < 4.78 is 16.7. The van der Waals surface area contributed by atoms with Crippen LogP contribution in [0.3, 0.4) is 0 Å². The normalized spacial score (nSPS) is 10.8.